The maximum Gasteiger partial charge on any atom is 0.269 e. The number of aliphatic hydroxyl groups is 1. The molecule has 1 aromatic carbocycles. The Morgan fingerprint density at radius 1 is 1.69 bits per heavy atom. The van der Waals surface area contributed by atoms with Gasteiger partial charge in [-0.2, -0.15) is 5.26 Å². The average Bonchev–Trinajstić information content (AvgIpc) is 2.27. The third-order valence-electron chi connectivity index (χ3n) is 1.96. The molecular formula is C10H7ClN2O3. The maximum absolute atomic E-state index is 10.5. The van der Waals surface area contributed by atoms with Gasteiger partial charge in [-0.25, -0.2) is 0 Å². The number of benzene rings is 1. The number of rotatable bonds is 3. The molecule has 0 heterocycles. The van der Waals surface area contributed by atoms with Crippen molar-refractivity contribution in [3.8, 4) is 6.07 Å². The summed E-state index contributed by atoms with van der Waals surface area (Å²) in [4.78, 5) is 9.91. The number of hydrogen-bond acceptors (Lipinski definition) is 4. The topological polar surface area (TPSA) is 87.2 Å². The third-order valence-corrected chi connectivity index (χ3v) is 2.30. The first-order valence-electron chi connectivity index (χ1n) is 4.18. The van der Waals surface area contributed by atoms with Gasteiger partial charge < -0.3 is 5.11 Å². The minimum atomic E-state index is -1.32. The van der Waals surface area contributed by atoms with E-state index in [2.05, 4.69) is 6.58 Å². The number of halogens is 1. The molecule has 0 radical (unpaired) electrons. The van der Waals surface area contributed by atoms with Crippen LogP contribution in [0.4, 0.5) is 5.69 Å². The van der Waals surface area contributed by atoms with Crippen LogP contribution in [0.25, 0.3) is 0 Å². The van der Waals surface area contributed by atoms with Crippen molar-refractivity contribution in [2.75, 3.05) is 0 Å². The molecule has 5 nitrogen and oxygen atoms in total. The van der Waals surface area contributed by atoms with Crippen LogP contribution in [0.5, 0.6) is 0 Å². The van der Waals surface area contributed by atoms with Crippen molar-refractivity contribution in [1.29, 1.82) is 5.26 Å². The predicted molar refractivity (Wildman–Crippen MR) is 57.8 cm³/mol. The number of nitrogens with zero attached hydrogens (tertiary/aromatic N) is 2. The van der Waals surface area contributed by atoms with Gasteiger partial charge in [0.2, 0.25) is 0 Å². The lowest BCUT2D eigenvalue weighted by Gasteiger charge is -2.10. The van der Waals surface area contributed by atoms with Gasteiger partial charge in [-0.15, -0.1) is 0 Å². The molecule has 1 atom stereocenters. The van der Waals surface area contributed by atoms with Crippen molar-refractivity contribution < 1.29 is 10.0 Å². The third kappa shape index (κ3) is 2.37. The smallest absolute Gasteiger partial charge is 0.269 e. The van der Waals surface area contributed by atoms with Crippen molar-refractivity contribution in [2.45, 2.75) is 6.10 Å². The number of aliphatic hydroxyl groups excluding tert-OH is 1. The minimum Gasteiger partial charge on any atom is -0.383 e. The summed E-state index contributed by atoms with van der Waals surface area (Å²) in [6.45, 7) is 3.33. The molecule has 1 rings (SSSR count). The molecule has 0 fully saturated rings. The first kappa shape index (κ1) is 12.2. The lowest BCUT2D eigenvalue weighted by molar-refractivity contribution is -0.385. The molecule has 0 aliphatic heterocycles. The van der Waals surface area contributed by atoms with Crippen molar-refractivity contribution in [3.63, 3.8) is 0 Å². The zero-order chi connectivity index (χ0) is 12.3. The summed E-state index contributed by atoms with van der Waals surface area (Å²) in [6.07, 6.45) is -1.32. The van der Waals surface area contributed by atoms with Gasteiger partial charge in [-0.1, -0.05) is 18.2 Å². The summed E-state index contributed by atoms with van der Waals surface area (Å²) >= 11 is 5.76. The molecule has 6 heteroatoms. The Bertz CT molecular complexity index is 493. The highest BCUT2D eigenvalue weighted by Gasteiger charge is 2.18. The fourth-order valence-electron chi connectivity index (χ4n) is 1.10. The molecule has 0 bridgehead atoms. The summed E-state index contributed by atoms with van der Waals surface area (Å²) in [7, 11) is 0. The molecule has 1 N–H and O–H groups in total. The first-order chi connectivity index (χ1) is 7.47. The largest absolute Gasteiger partial charge is 0.383 e. The number of non-ortho nitro benzene ring substituents is 1. The van der Waals surface area contributed by atoms with Gasteiger partial charge in [-0.05, 0) is 6.07 Å². The highest BCUT2D eigenvalue weighted by molar-refractivity contribution is 6.31. The number of nitro benzene ring substituents is 1. The molecule has 0 saturated heterocycles. The van der Waals surface area contributed by atoms with Gasteiger partial charge in [-0.3, -0.25) is 10.1 Å². The van der Waals surface area contributed by atoms with Crippen LogP contribution < -0.4 is 0 Å². The molecule has 0 aromatic heterocycles. The van der Waals surface area contributed by atoms with Crippen LogP contribution in [0.2, 0.25) is 5.02 Å². The van der Waals surface area contributed by atoms with Crippen LogP contribution in [0.15, 0.2) is 30.4 Å². The van der Waals surface area contributed by atoms with Gasteiger partial charge in [0, 0.05) is 22.7 Å². The molecular weight excluding hydrogens is 232 g/mol. The van der Waals surface area contributed by atoms with E-state index in [4.69, 9.17) is 16.9 Å². The second-order valence-electron chi connectivity index (χ2n) is 3.00. The van der Waals surface area contributed by atoms with Crippen LogP contribution in [0, 0.1) is 21.4 Å². The highest BCUT2D eigenvalue weighted by Crippen LogP contribution is 2.30. The maximum atomic E-state index is 10.5. The molecule has 0 amide bonds. The Morgan fingerprint density at radius 2 is 2.31 bits per heavy atom. The molecule has 0 aliphatic carbocycles. The predicted octanol–water partition coefficient (Wildman–Crippen LogP) is 2.36. The lowest BCUT2D eigenvalue weighted by atomic mass is 10.0. The minimum absolute atomic E-state index is 0.0995. The quantitative estimate of drug-likeness (QED) is 0.497. The van der Waals surface area contributed by atoms with Gasteiger partial charge in [0.1, 0.15) is 6.10 Å². The van der Waals surface area contributed by atoms with Crippen molar-refractivity contribution >= 4 is 17.3 Å². The van der Waals surface area contributed by atoms with Crippen LogP contribution >= 0.6 is 11.6 Å². The summed E-state index contributed by atoms with van der Waals surface area (Å²) in [5.74, 6) is 0. The molecule has 1 aromatic rings. The Morgan fingerprint density at radius 3 is 2.81 bits per heavy atom. The van der Waals surface area contributed by atoms with E-state index in [0.29, 0.717) is 0 Å². The Labute approximate surface area is 96.3 Å². The van der Waals surface area contributed by atoms with E-state index in [1.165, 1.54) is 12.1 Å². The normalized spacial score (nSPS) is 11.6. The zero-order valence-corrected chi connectivity index (χ0v) is 8.81. The van der Waals surface area contributed by atoms with Crippen LogP contribution in [0.1, 0.15) is 11.7 Å². The van der Waals surface area contributed by atoms with E-state index >= 15 is 0 Å². The highest BCUT2D eigenvalue weighted by atomic mass is 35.5. The van der Waals surface area contributed by atoms with Gasteiger partial charge in [0.15, 0.2) is 0 Å². The van der Waals surface area contributed by atoms with Crippen molar-refractivity contribution in [2.24, 2.45) is 0 Å². The van der Waals surface area contributed by atoms with Crippen LogP contribution in [-0.4, -0.2) is 10.0 Å². The monoisotopic (exact) mass is 238 g/mol. The van der Waals surface area contributed by atoms with Gasteiger partial charge in [0.05, 0.1) is 16.6 Å². The SMILES string of the molecule is C=C(C#N)C(O)c1cc([N+](=O)[O-])ccc1Cl. The summed E-state index contributed by atoms with van der Waals surface area (Å²) in [5, 5.41) is 28.9. The van der Waals surface area contributed by atoms with E-state index in [-0.39, 0.29) is 21.8 Å². The van der Waals surface area contributed by atoms with E-state index in [1.807, 2.05) is 0 Å². The van der Waals surface area contributed by atoms with E-state index in [1.54, 1.807) is 6.07 Å². The van der Waals surface area contributed by atoms with Crippen molar-refractivity contribution in [1.82, 2.24) is 0 Å². The Balaban J connectivity index is 3.23. The second kappa shape index (κ2) is 4.75. The molecule has 16 heavy (non-hydrogen) atoms. The molecule has 82 valence electrons. The number of hydrogen-bond donors (Lipinski definition) is 1. The van der Waals surface area contributed by atoms with E-state index < -0.39 is 11.0 Å². The van der Waals surface area contributed by atoms with Crippen LogP contribution in [0.3, 0.4) is 0 Å². The second-order valence-corrected chi connectivity index (χ2v) is 3.41. The van der Waals surface area contributed by atoms with Crippen LogP contribution in [-0.2, 0) is 0 Å². The number of nitriles is 1. The molecule has 0 saturated carbocycles. The molecule has 0 aliphatic rings. The summed E-state index contributed by atoms with van der Waals surface area (Å²) < 4.78 is 0. The van der Waals surface area contributed by atoms with E-state index in [0.717, 1.165) is 6.07 Å². The van der Waals surface area contributed by atoms with E-state index in [9.17, 15) is 15.2 Å². The molecule has 0 spiro atoms. The van der Waals surface area contributed by atoms with Crippen molar-refractivity contribution in [3.05, 3.63) is 51.1 Å². The standard InChI is InChI=1S/C10H7ClN2O3/c1-6(5-12)10(14)8-4-7(13(15)16)2-3-9(8)11/h2-4,10,14H,1H2. The Hall–Kier alpha value is -1.90. The summed E-state index contributed by atoms with van der Waals surface area (Å²) in [5.41, 5.74) is -0.228. The fourth-order valence-corrected chi connectivity index (χ4v) is 1.32. The zero-order valence-electron chi connectivity index (χ0n) is 8.05. The van der Waals surface area contributed by atoms with Gasteiger partial charge in [0.25, 0.3) is 5.69 Å². The number of nitro groups is 1. The fraction of sp³-hybridized carbons (Fsp3) is 0.100. The lowest BCUT2D eigenvalue weighted by Crippen LogP contribution is -2.01. The Kier molecular flexibility index (Phi) is 3.61. The average molecular weight is 239 g/mol. The molecule has 1 unspecified atom stereocenters. The first-order valence-corrected chi connectivity index (χ1v) is 4.56. The van der Waals surface area contributed by atoms with Gasteiger partial charge >= 0.3 is 0 Å². The summed E-state index contributed by atoms with van der Waals surface area (Å²) in [6, 6.07) is 5.30.